The van der Waals surface area contributed by atoms with E-state index in [1.54, 1.807) is 0 Å². The Balaban J connectivity index is 1.51. The van der Waals surface area contributed by atoms with Gasteiger partial charge in [0.25, 0.3) is 0 Å². The summed E-state index contributed by atoms with van der Waals surface area (Å²) in [5.74, 6) is -1.77. The van der Waals surface area contributed by atoms with Gasteiger partial charge < -0.3 is 25.4 Å². The number of carbonyl (C=O) groups is 3. The third-order valence-corrected chi connectivity index (χ3v) is 5.24. The Hall–Kier alpha value is -3.39. The van der Waals surface area contributed by atoms with Crippen LogP contribution in [-0.4, -0.2) is 67.8 Å². The second kappa shape index (κ2) is 10.1. The average Bonchev–Trinajstić information content (AvgIpc) is 3.07. The van der Waals surface area contributed by atoms with Crippen molar-refractivity contribution in [2.45, 2.75) is 18.4 Å². The maximum Gasteiger partial charge on any atom is 0.407 e. The molecule has 31 heavy (non-hydrogen) atoms. The number of amides is 2. The zero-order valence-electron chi connectivity index (χ0n) is 17.6. The summed E-state index contributed by atoms with van der Waals surface area (Å²) in [5, 5.41) is 14.0. The highest BCUT2D eigenvalue weighted by Gasteiger charge is 2.29. The number of nitrogens with zero attached hydrogens (tertiary/aromatic N) is 1. The monoisotopic (exact) mass is 425 g/mol. The van der Waals surface area contributed by atoms with Crippen LogP contribution in [-0.2, 0) is 14.3 Å². The molecule has 3 N–H and O–H groups in total. The Bertz CT molecular complexity index is 914. The lowest BCUT2D eigenvalue weighted by atomic mass is 9.98. The number of fused-ring (bicyclic) bond motifs is 3. The van der Waals surface area contributed by atoms with Gasteiger partial charge in [-0.25, -0.2) is 9.59 Å². The van der Waals surface area contributed by atoms with Gasteiger partial charge in [-0.3, -0.25) is 4.79 Å². The van der Waals surface area contributed by atoms with Gasteiger partial charge in [-0.2, -0.15) is 0 Å². The molecule has 0 aliphatic heterocycles. The summed E-state index contributed by atoms with van der Waals surface area (Å²) in [5.41, 5.74) is 4.45. The number of carbonyl (C=O) groups excluding carboxylic acids is 2. The molecule has 1 atom stereocenters. The van der Waals surface area contributed by atoms with Crippen LogP contribution in [0.25, 0.3) is 11.1 Å². The lowest BCUT2D eigenvalue weighted by Gasteiger charge is -2.17. The smallest absolute Gasteiger partial charge is 0.407 e. The molecule has 0 saturated carbocycles. The fourth-order valence-corrected chi connectivity index (χ4v) is 3.69. The number of rotatable bonds is 9. The molecule has 0 spiro atoms. The lowest BCUT2D eigenvalue weighted by Crippen LogP contribution is -2.46. The second-order valence-corrected chi connectivity index (χ2v) is 7.73. The highest BCUT2D eigenvalue weighted by molar-refractivity contribution is 5.86. The summed E-state index contributed by atoms with van der Waals surface area (Å²) >= 11 is 0. The predicted octanol–water partition coefficient (Wildman–Crippen LogP) is 2.05. The van der Waals surface area contributed by atoms with E-state index in [2.05, 4.69) is 10.6 Å². The van der Waals surface area contributed by atoms with Crippen molar-refractivity contribution in [3.63, 3.8) is 0 Å². The molecule has 1 aliphatic rings. The average molecular weight is 425 g/mol. The summed E-state index contributed by atoms with van der Waals surface area (Å²) in [6.07, 6.45) is -0.462. The first-order valence-electron chi connectivity index (χ1n) is 10.1. The normalized spacial score (nSPS) is 13.3. The molecular weight excluding hydrogens is 398 g/mol. The van der Waals surface area contributed by atoms with Crippen LogP contribution in [0.1, 0.15) is 23.5 Å². The van der Waals surface area contributed by atoms with Gasteiger partial charge in [0.15, 0.2) is 0 Å². The molecule has 0 heterocycles. The molecule has 8 heteroatoms. The maximum atomic E-state index is 12.1. The minimum atomic E-state index is -1.11. The van der Waals surface area contributed by atoms with Crippen LogP contribution in [0.5, 0.6) is 0 Å². The molecule has 0 radical (unpaired) electrons. The molecule has 2 amide bonds. The zero-order chi connectivity index (χ0) is 22.4. The molecule has 0 aromatic heterocycles. The van der Waals surface area contributed by atoms with Gasteiger partial charge in [0, 0.05) is 12.5 Å². The van der Waals surface area contributed by atoms with E-state index in [4.69, 9.17) is 4.74 Å². The molecule has 1 aliphatic carbocycles. The molecule has 0 bridgehead atoms. The van der Waals surface area contributed by atoms with Crippen molar-refractivity contribution < 1.29 is 24.2 Å². The van der Waals surface area contributed by atoms with Crippen molar-refractivity contribution in [2.24, 2.45) is 0 Å². The molecule has 3 rings (SSSR count). The van der Waals surface area contributed by atoms with E-state index in [0.717, 1.165) is 22.3 Å². The topological polar surface area (TPSA) is 108 Å². The van der Waals surface area contributed by atoms with E-state index < -0.39 is 24.0 Å². The summed E-state index contributed by atoms with van der Waals surface area (Å²) in [7, 11) is 3.64. The Morgan fingerprint density at radius 3 is 2.16 bits per heavy atom. The standard InChI is InChI=1S/C23H27N3O5/c1-26(2)12-11-20(22(28)29)25-21(27)13-24-23(30)31-14-19-17-9-5-3-7-15(17)16-8-4-6-10-18(16)19/h3-10,19-20H,11-14H2,1-2H3,(H,24,30)(H,25,27)(H,28,29). The number of ether oxygens (including phenoxy) is 1. The van der Waals surface area contributed by atoms with Crippen molar-refractivity contribution in [2.75, 3.05) is 33.8 Å². The summed E-state index contributed by atoms with van der Waals surface area (Å²) in [6.45, 7) is 0.293. The largest absolute Gasteiger partial charge is 0.480 e. The molecule has 1 unspecified atom stereocenters. The van der Waals surface area contributed by atoms with Gasteiger partial charge in [-0.1, -0.05) is 48.5 Å². The summed E-state index contributed by atoms with van der Waals surface area (Å²) < 4.78 is 5.37. The van der Waals surface area contributed by atoms with Crippen LogP contribution in [0.15, 0.2) is 48.5 Å². The first-order valence-corrected chi connectivity index (χ1v) is 10.1. The van der Waals surface area contributed by atoms with E-state index in [-0.39, 0.29) is 25.5 Å². The van der Waals surface area contributed by atoms with E-state index in [9.17, 15) is 19.5 Å². The van der Waals surface area contributed by atoms with Crippen molar-refractivity contribution >= 4 is 18.0 Å². The molecule has 0 fully saturated rings. The van der Waals surface area contributed by atoms with Crippen molar-refractivity contribution in [1.82, 2.24) is 15.5 Å². The minimum Gasteiger partial charge on any atom is -0.480 e. The third kappa shape index (κ3) is 5.61. The Labute approximate surface area is 181 Å². The van der Waals surface area contributed by atoms with E-state index >= 15 is 0 Å². The number of nitrogens with one attached hydrogen (secondary N) is 2. The lowest BCUT2D eigenvalue weighted by molar-refractivity contribution is -0.141. The molecule has 2 aromatic rings. The minimum absolute atomic E-state index is 0.0746. The number of aliphatic carboxylic acids is 1. The van der Waals surface area contributed by atoms with E-state index in [1.807, 2.05) is 67.5 Å². The molecule has 0 saturated heterocycles. The molecular formula is C23H27N3O5. The van der Waals surface area contributed by atoms with E-state index in [1.165, 1.54) is 0 Å². The quantitative estimate of drug-likeness (QED) is 0.568. The van der Waals surface area contributed by atoms with Gasteiger partial charge in [-0.15, -0.1) is 0 Å². The SMILES string of the molecule is CN(C)CCC(NC(=O)CNC(=O)OCC1c2ccccc2-c2ccccc21)C(=O)O. The summed E-state index contributed by atoms with van der Waals surface area (Å²) in [4.78, 5) is 37.3. The van der Waals surface area contributed by atoms with Crippen LogP contribution in [0.3, 0.4) is 0 Å². The Morgan fingerprint density at radius 2 is 1.61 bits per heavy atom. The van der Waals surface area contributed by atoms with Crippen molar-refractivity contribution in [3.05, 3.63) is 59.7 Å². The van der Waals surface area contributed by atoms with Crippen LogP contribution >= 0.6 is 0 Å². The molecule has 164 valence electrons. The first-order chi connectivity index (χ1) is 14.9. The number of hydrogen-bond acceptors (Lipinski definition) is 5. The first kappa shape index (κ1) is 22.3. The summed E-state index contributed by atoms with van der Waals surface area (Å²) in [6, 6.07) is 15.0. The van der Waals surface area contributed by atoms with Crippen LogP contribution in [0.4, 0.5) is 4.79 Å². The maximum absolute atomic E-state index is 12.1. The van der Waals surface area contributed by atoms with Crippen LogP contribution in [0.2, 0.25) is 0 Å². The highest BCUT2D eigenvalue weighted by atomic mass is 16.5. The van der Waals surface area contributed by atoms with Crippen LogP contribution in [0, 0.1) is 0 Å². The van der Waals surface area contributed by atoms with Gasteiger partial charge in [-0.05, 0) is 42.8 Å². The number of carboxylic acid groups (broad SMARTS) is 1. The number of benzene rings is 2. The zero-order valence-corrected chi connectivity index (χ0v) is 17.6. The number of alkyl carbamates (subject to hydrolysis) is 1. The van der Waals surface area contributed by atoms with Crippen molar-refractivity contribution in [3.8, 4) is 11.1 Å². The number of carboxylic acids is 1. The highest BCUT2D eigenvalue weighted by Crippen LogP contribution is 2.44. The number of hydrogen-bond donors (Lipinski definition) is 3. The van der Waals surface area contributed by atoms with E-state index in [0.29, 0.717) is 6.54 Å². The fraction of sp³-hybridized carbons (Fsp3) is 0.348. The third-order valence-electron chi connectivity index (χ3n) is 5.24. The van der Waals surface area contributed by atoms with Gasteiger partial charge in [0.05, 0.1) is 0 Å². The van der Waals surface area contributed by atoms with Gasteiger partial charge in [0.1, 0.15) is 19.2 Å². The second-order valence-electron chi connectivity index (χ2n) is 7.73. The molecule has 2 aromatic carbocycles. The Kier molecular flexibility index (Phi) is 7.25. The Morgan fingerprint density at radius 1 is 1.03 bits per heavy atom. The predicted molar refractivity (Wildman–Crippen MR) is 116 cm³/mol. The van der Waals surface area contributed by atoms with Crippen LogP contribution < -0.4 is 10.6 Å². The van der Waals surface area contributed by atoms with Gasteiger partial charge in [0.2, 0.25) is 5.91 Å². The van der Waals surface area contributed by atoms with Gasteiger partial charge >= 0.3 is 12.1 Å². The van der Waals surface area contributed by atoms with Crippen molar-refractivity contribution in [1.29, 1.82) is 0 Å². The fourth-order valence-electron chi connectivity index (χ4n) is 3.69. The molecule has 8 nitrogen and oxygen atoms in total.